The first-order valence-corrected chi connectivity index (χ1v) is 10.6. The van der Waals surface area contributed by atoms with E-state index >= 15 is 0 Å². The summed E-state index contributed by atoms with van der Waals surface area (Å²) in [6.45, 7) is 2.23. The van der Waals surface area contributed by atoms with Gasteiger partial charge in [0.1, 0.15) is 5.82 Å². The molecule has 3 aromatic rings. The van der Waals surface area contributed by atoms with Gasteiger partial charge in [0.25, 0.3) is 0 Å². The van der Waals surface area contributed by atoms with Crippen molar-refractivity contribution < 1.29 is 14.3 Å². The van der Waals surface area contributed by atoms with Gasteiger partial charge in [-0.1, -0.05) is 11.6 Å². The Morgan fingerprint density at radius 1 is 1.13 bits per heavy atom. The molecule has 0 radical (unpaired) electrons. The van der Waals surface area contributed by atoms with Crippen LogP contribution in [0, 0.1) is 0 Å². The molecule has 0 saturated carbocycles. The minimum atomic E-state index is -0.0398. The van der Waals surface area contributed by atoms with Crippen LogP contribution in [0.4, 0.5) is 5.69 Å². The second-order valence-electron chi connectivity index (χ2n) is 7.72. The summed E-state index contributed by atoms with van der Waals surface area (Å²) in [6, 6.07) is 12.9. The molecular formula is C22H22ClN5O3. The number of aromatic amines is 1. The van der Waals surface area contributed by atoms with Gasteiger partial charge in [-0.15, -0.1) is 0 Å². The molecule has 160 valence electrons. The Morgan fingerprint density at radius 3 is 2.71 bits per heavy atom. The molecule has 9 heteroatoms. The lowest BCUT2D eigenvalue weighted by Crippen LogP contribution is -2.38. The van der Waals surface area contributed by atoms with E-state index in [2.05, 4.69) is 25.4 Å². The van der Waals surface area contributed by atoms with Gasteiger partial charge in [-0.3, -0.25) is 14.8 Å². The van der Waals surface area contributed by atoms with Crippen molar-refractivity contribution in [3.63, 3.8) is 0 Å². The van der Waals surface area contributed by atoms with Crippen molar-refractivity contribution in [2.45, 2.75) is 18.8 Å². The van der Waals surface area contributed by atoms with E-state index in [1.807, 2.05) is 30.3 Å². The molecule has 8 nitrogen and oxygen atoms in total. The summed E-state index contributed by atoms with van der Waals surface area (Å²) in [6.07, 6.45) is 1.85. The van der Waals surface area contributed by atoms with E-state index in [0.29, 0.717) is 40.5 Å². The summed E-state index contributed by atoms with van der Waals surface area (Å²) in [7, 11) is 0. The SMILES string of the molecule is O=C(CN1CCC(c2nc(-c3ccc(Cl)cc3)n[nH]2)CC1)Nc1ccc2c(c1)OCO2. The molecular weight excluding hydrogens is 418 g/mol. The van der Waals surface area contributed by atoms with Gasteiger partial charge in [0, 0.05) is 28.3 Å². The van der Waals surface area contributed by atoms with Crippen molar-refractivity contribution in [3.8, 4) is 22.9 Å². The van der Waals surface area contributed by atoms with Crippen LogP contribution in [0.3, 0.4) is 0 Å². The number of anilines is 1. The lowest BCUT2D eigenvalue weighted by Gasteiger charge is -2.30. The van der Waals surface area contributed by atoms with E-state index in [-0.39, 0.29) is 12.7 Å². The maximum absolute atomic E-state index is 12.5. The summed E-state index contributed by atoms with van der Waals surface area (Å²) >= 11 is 5.95. The molecule has 1 aromatic heterocycles. The first-order chi connectivity index (χ1) is 15.1. The molecule has 0 atom stereocenters. The van der Waals surface area contributed by atoms with Gasteiger partial charge in [0.05, 0.1) is 6.54 Å². The Hall–Kier alpha value is -3.10. The lowest BCUT2D eigenvalue weighted by molar-refractivity contribution is -0.117. The number of piperidine rings is 1. The molecule has 0 bridgehead atoms. The van der Waals surface area contributed by atoms with E-state index < -0.39 is 0 Å². The average molecular weight is 440 g/mol. The lowest BCUT2D eigenvalue weighted by atomic mass is 9.96. The van der Waals surface area contributed by atoms with Gasteiger partial charge in [0.15, 0.2) is 17.3 Å². The van der Waals surface area contributed by atoms with Gasteiger partial charge >= 0.3 is 0 Å². The number of nitrogens with zero attached hydrogens (tertiary/aromatic N) is 3. The van der Waals surface area contributed by atoms with Crippen LogP contribution in [0.25, 0.3) is 11.4 Å². The minimum absolute atomic E-state index is 0.0398. The van der Waals surface area contributed by atoms with Gasteiger partial charge < -0.3 is 14.8 Å². The zero-order valence-corrected chi connectivity index (χ0v) is 17.6. The number of carbonyl (C=O) groups is 1. The van der Waals surface area contributed by atoms with Gasteiger partial charge in [-0.25, -0.2) is 4.98 Å². The third-order valence-electron chi connectivity index (χ3n) is 5.60. The average Bonchev–Trinajstić information content (AvgIpc) is 3.44. The molecule has 3 heterocycles. The zero-order valence-electron chi connectivity index (χ0n) is 16.8. The van der Waals surface area contributed by atoms with Crippen LogP contribution in [0.1, 0.15) is 24.6 Å². The molecule has 2 aliphatic rings. The molecule has 2 N–H and O–H groups in total. The molecule has 1 fully saturated rings. The van der Waals surface area contributed by atoms with Crippen LogP contribution in [-0.2, 0) is 4.79 Å². The Balaban J connectivity index is 1.13. The van der Waals surface area contributed by atoms with Gasteiger partial charge in [0.2, 0.25) is 12.7 Å². The number of carbonyl (C=O) groups excluding carboxylic acids is 1. The number of hydrogen-bond acceptors (Lipinski definition) is 6. The third kappa shape index (κ3) is 4.50. The number of ether oxygens (including phenoxy) is 2. The summed E-state index contributed by atoms with van der Waals surface area (Å²) in [5, 5.41) is 11.1. The molecule has 5 rings (SSSR count). The van der Waals surface area contributed by atoms with Crippen LogP contribution in [0.2, 0.25) is 5.02 Å². The Kier molecular flexibility index (Phi) is 5.48. The second kappa shape index (κ2) is 8.56. The van der Waals surface area contributed by atoms with E-state index in [0.717, 1.165) is 37.3 Å². The highest BCUT2D eigenvalue weighted by molar-refractivity contribution is 6.30. The summed E-state index contributed by atoms with van der Waals surface area (Å²) < 4.78 is 10.7. The number of aromatic nitrogens is 3. The predicted molar refractivity (Wildman–Crippen MR) is 116 cm³/mol. The Bertz CT molecular complexity index is 1080. The van der Waals surface area contributed by atoms with Crippen molar-refractivity contribution in [2.24, 2.45) is 0 Å². The molecule has 0 spiro atoms. The first-order valence-electron chi connectivity index (χ1n) is 10.2. The molecule has 2 aliphatic heterocycles. The van der Waals surface area contributed by atoms with Crippen molar-refractivity contribution in [1.82, 2.24) is 20.1 Å². The highest BCUT2D eigenvalue weighted by atomic mass is 35.5. The van der Waals surface area contributed by atoms with Crippen LogP contribution < -0.4 is 14.8 Å². The number of amides is 1. The van der Waals surface area contributed by atoms with Crippen LogP contribution >= 0.6 is 11.6 Å². The molecule has 31 heavy (non-hydrogen) atoms. The summed E-state index contributed by atoms with van der Waals surface area (Å²) in [5.41, 5.74) is 1.64. The topological polar surface area (TPSA) is 92.4 Å². The van der Waals surface area contributed by atoms with Crippen molar-refractivity contribution in [3.05, 3.63) is 53.3 Å². The normalized spacial score (nSPS) is 16.4. The number of rotatable bonds is 5. The number of nitrogens with one attached hydrogen (secondary N) is 2. The summed E-state index contributed by atoms with van der Waals surface area (Å²) in [5.74, 6) is 3.20. The molecule has 2 aromatic carbocycles. The minimum Gasteiger partial charge on any atom is -0.454 e. The third-order valence-corrected chi connectivity index (χ3v) is 5.85. The largest absolute Gasteiger partial charge is 0.454 e. The summed E-state index contributed by atoms with van der Waals surface area (Å²) in [4.78, 5) is 19.3. The number of fused-ring (bicyclic) bond motifs is 1. The smallest absolute Gasteiger partial charge is 0.238 e. The van der Waals surface area contributed by atoms with Crippen LogP contribution in [0.15, 0.2) is 42.5 Å². The van der Waals surface area contributed by atoms with E-state index in [4.69, 9.17) is 21.1 Å². The van der Waals surface area contributed by atoms with Gasteiger partial charge in [-0.2, -0.15) is 5.10 Å². The molecule has 0 unspecified atom stereocenters. The molecule has 1 saturated heterocycles. The monoisotopic (exact) mass is 439 g/mol. The standard InChI is InChI=1S/C22H22ClN5O3/c23-16-3-1-14(2-4-16)21-25-22(27-26-21)15-7-9-28(10-8-15)12-20(29)24-17-5-6-18-19(11-17)31-13-30-18/h1-6,11,15H,7-10,12-13H2,(H,24,29)(H,25,26,27). The first kappa shape index (κ1) is 19.8. The second-order valence-corrected chi connectivity index (χ2v) is 8.15. The maximum atomic E-state index is 12.5. The number of H-pyrrole nitrogens is 1. The quantitative estimate of drug-likeness (QED) is 0.630. The highest BCUT2D eigenvalue weighted by Gasteiger charge is 2.25. The van der Waals surface area contributed by atoms with E-state index in [1.54, 1.807) is 12.1 Å². The highest BCUT2D eigenvalue weighted by Crippen LogP contribution is 2.34. The van der Waals surface area contributed by atoms with Crippen molar-refractivity contribution in [1.29, 1.82) is 0 Å². The van der Waals surface area contributed by atoms with Crippen LogP contribution in [-0.4, -0.2) is 52.4 Å². The number of hydrogen-bond donors (Lipinski definition) is 2. The fraction of sp³-hybridized carbons (Fsp3) is 0.318. The van der Waals surface area contributed by atoms with Crippen molar-refractivity contribution >= 4 is 23.2 Å². The van der Waals surface area contributed by atoms with E-state index in [9.17, 15) is 4.79 Å². The van der Waals surface area contributed by atoms with Crippen LogP contribution in [0.5, 0.6) is 11.5 Å². The van der Waals surface area contributed by atoms with Crippen molar-refractivity contribution in [2.75, 3.05) is 31.7 Å². The Labute approximate surface area is 184 Å². The maximum Gasteiger partial charge on any atom is 0.238 e. The predicted octanol–water partition coefficient (Wildman–Crippen LogP) is 3.67. The van der Waals surface area contributed by atoms with Gasteiger partial charge in [-0.05, 0) is 62.3 Å². The fourth-order valence-electron chi connectivity index (χ4n) is 3.93. The Morgan fingerprint density at radius 2 is 1.90 bits per heavy atom. The number of benzene rings is 2. The molecule has 0 aliphatic carbocycles. The fourth-order valence-corrected chi connectivity index (χ4v) is 4.05. The van der Waals surface area contributed by atoms with E-state index in [1.165, 1.54) is 0 Å². The molecule has 1 amide bonds. The number of likely N-dealkylation sites (tertiary alicyclic amines) is 1. The zero-order chi connectivity index (χ0) is 21.2. The number of halogens is 1.